The van der Waals surface area contributed by atoms with Crippen molar-refractivity contribution in [1.82, 2.24) is 0 Å². The van der Waals surface area contributed by atoms with Gasteiger partial charge in [0.1, 0.15) is 5.82 Å². The Hall–Kier alpha value is -1.05. The van der Waals surface area contributed by atoms with E-state index in [4.69, 9.17) is 0 Å². The third-order valence-electron chi connectivity index (χ3n) is 4.07. The maximum Gasteiger partial charge on any atom is 0.146 e. The summed E-state index contributed by atoms with van der Waals surface area (Å²) in [6, 6.07) is 5.74. The minimum atomic E-state index is -0.128. The fourth-order valence-electron chi connectivity index (χ4n) is 3.27. The molecule has 1 aromatic rings. The molecule has 1 aromatic carbocycles. The van der Waals surface area contributed by atoms with Crippen molar-refractivity contribution in [1.29, 1.82) is 0 Å². The number of hydrogen-bond donors (Lipinski definition) is 1. The molecule has 1 saturated carbocycles. The first-order chi connectivity index (χ1) is 9.04. The Morgan fingerprint density at radius 2 is 2.11 bits per heavy atom. The van der Waals surface area contributed by atoms with Gasteiger partial charge in [-0.05, 0) is 55.7 Å². The molecule has 19 heavy (non-hydrogen) atoms. The maximum absolute atomic E-state index is 13.8. The molecule has 0 spiro atoms. The molecule has 2 rings (SSSR count). The van der Waals surface area contributed by atoms with Crippen molar-refractivity contribution in [3.63, 3.8) is 0 Å². The van der Waals surface area contributed by atoms with Gasteiger partial charge < -0.3 is 5.32 Å². The minimum absolute atomic E-state index is 0.128. The Morgan fingerprint density at radius 3 is 2.84 bits per heavy atom. The van der Waals surface area contributed by atoms with E-state index < -0.39 is 0 Å². The fourth-order valence-corrected chi connectivity index (χ4v) is 3.27. The molecule has 106 valence electrons. The molecule has 0 aliphatic heterocycles. The molecule has 1 fully saturated rings. The summed E-state index contributed by atoms with van der Waals surface area (Å²) in [5.74, 6) is 1.44. The molecular weight excluding hydrogens is 237 g/mol. The molecule has 2 atom stereocenters. The van der Waals surface area contributed by atoms with Gasteiger partial charge in [0.25, 0.3) is 0 Å². The van der Waals surface area contributed by atoms with Crippen LogP contribution in [0.15, 0.2) is 18.2 Å². The van der Waals surface area contributed by atoms with Gasteiger partial charge in [-0.15, -0.1) is 0 Å². The van der Waals surface area contributed by atoms with Crippen LogP contribution in [0.1, 0.15) is 51.5 Å². The topological polar surface area (TPSA) is 12.0 Å². The third kappa shape index (κ3) is 4.22. The average molecular weight is 263 g/mol. The van der Waals surface area contributed by atoms with Crippen molar-refractivity contribution < 1.29 is 4.39 Å². The van der Waals surface area contributed by atoms with E-state index in [1.807, 2.05) is 19.1 Å². The smallest absolute Gasteiger partial charge is 0.146 e. The number of benzene rings is 1. The van der Waals surface area contributed by atoms with Crippen LogP contribution in [0.5, 0.6) is 0 Å². The van der Waals surface area contributed by atoms with Gasteiger partial charge in [-0.3, -0.25) is 0 Å². The first kappa shape index (κ1) is 14.4. The summed E-state index contributed by atoms with van der Waals surface area (Å²) in [5.41, 5.74) is 1.79. The van der Waals surface area contributed by atoms with Gasteiger partial charge in [-0.1, -0.05) is 32.8 Å². The molecule has 1 aliphatic rings. The van der Waals surface area contributed by atoms with Crippen molar-refractivity contribution >= 4 is 5.69 Å². The summed E-state index contributed by atoms with van der Waals surface area (Å²) in [7, 11) is 0. The van der Waals surface area contributed by atoms with E-state index in [0.29, 0.717) is 11.7 Å². The number of rotatable bonds is 4. The first-order valence-electron chi connectivity index (χ1n) is 7.57. The number of hydrogen-bond acceptors (Lipinski definition) is 1. The second kappa shape index (κ2) is 6.40. The first-order valence-corrected chi connectivity index (χ1v) is 7.57. The van der Waals surface area contributed by atoms with Crippen molar-refractivity contribution in [3.8, 4) is 0 Å². The normalized spacial score (nSPS) is 23.6. The van der Waals surface area contributed by atoms with E-state index >= 15 is 0 Å². The minimum Gasteiger partial charge on any atom is -0.380 e. The van der Waals surface area contributed by atoms with Gasteiger partial charge in [-0.25, -0.2) is 4.39 Å². The number of halogens is 1. The predicted octanol–water partition coefficient (Wildman–Crippen LogP) is 5.15. The van der Waals surface area contributed by atoms with Gasteiger partial charge in [-0.2, -0.15) is 0 Å². The number of nitrogens with one attached hydrogen (secondary N) is 1. The van der Waals surface area contributed by atoms with Crippen LogP contribution in [0, 0.1) is 24.6 Å². The highest BCUT2D eigenvalue weighted by atomic mass is 19.1. The molecule has 0 radical (unpaired) electrons. The lowest BCUT2D eigenvalue weighted by atomic mass is 9.81. The van der Waals surface area contributed by atoms with Crippen LogP contribution in [-0.4, -0.2) is 6.04 Å². The zero-order valence-corrected chi connectivity index (χ0v) is 12.4. The molecule has 1 nitrogen and oxygen atoms in total. The molecule has 0 heterocycles. The summed E-state index contributed by atoms with van der Waals surface area (Å²) < 4.78 is 13.8. The van der Waals surface area contributed by atoms with E-state index in [9.17, 15) is 4.39 Å². The molecule has 2 unspecified atom stereocenters. The van der Waals surface area contributed by atoms with Crippen LogP contribution < -0.4 is 5.32 Å². The Labute approximate surface area is 116 Å². The molecule has 1 N–H and O–H groups in total. The molecule has 0 bridgehead atoms. The monoisotopic (exact) mass is 263 g/mol. The lowest BCUT2D eigenvalue weighted by molar-refractivity contribution is 0.288. The van der Waals surface area contributed by atoms with Crippen molar-refractivity contribution in [2.45, 2.75) is 58.9 Å². The van der Waals surface area contributed by atoms with Gasteiger partial charge in [0.15, 0.2) is 0 Å². The van der Waals surface area contributed by atoms with Crippen LogP contribution in [0.2, 0.25) is 0 Å². The zero-order chi connectivity index (χ0) is 13.8. The molecule has 0 amide bonds. The van der Waals surface area contributed by atoms with E-state index in [0.717, 1.165) is 17.4 Å². The van der Waals surface area contributed by atoms with Crippen LogP contribution in [0.25, 0.3) is 0 Å². The Kier molecular flexibility index (Phi) is 4.84. The van der Waals surface area contributed by atoms with Gasteiger partial charge in [0.05, 0.1) is 5.69 Å². The molecular formula is C17H26FN. The van der Waals surface area contributed by atoms with E-state index in [2.05, 4.69) is 19.2 Å². The fraction of sp³-hybridized carbons (Fsp3) is 0.647. The number of anilines is 1. The highest BCUT2D eigenvalue weighted by Gasteiger charge is 2.23. The highest BCUT2D eigenvalue weighted by molar-refractivity contribution is 5.47. The lowest BCUT2D eigenvalue weighted by Gasteiger charge is -2.31. The van der Waals surface area contributed by atoms with Crippen LogP contribution in [-0.2, 0) is 0 Å². The van der Waals surface area contributed by atoms with E-state index in [-0.39, 0.29) is 5.82 Å². The second-order valence-electron chi connectivity index (χ2n) is 6.49. The van der Waals surface area contributed by atoms with Gasteiger partial charge in [0, 0.05) is 6.04 Å². The van der Waals surface area contributed by atoms with Crippen molar-refractivity contribution in [3.05, 3.63) is 29.6 Å². The molecule has 1 aliphatic carbocycles. The summed E-state index contributed by atoms with van der Waals surface area (Å²) in [4.78, 5) is 0. The predicted molar refractivity (Wildman–Crippen MR) is 80.0 cm³/mol. The molecule has 0 saturated heterocycles. The summed E-state index contributed by atoms with van der Waals surface area (Å²) in [6.07, 6.45) is 6.26. The van der Waals surface area contributed by atoms with Crippen LogP contribution >= 0.6 is 0 Å². The Morgan fingerprint density at radius 1 is 1.32 bits per heavy atom. The van der Waals surface area contributed by atoms with Gasteiger partial charge in [0.2, 0.25) is 0 Å². The second-order valence-corrected chi connectivity index (χ2v) is 6.49. The van der Waals surface area contributed by atoms with Crippen molar-refractivity contribution in [2.75, 3.05) is 5.32 Å². The van der Waals surface area contributed by atoms with Crippen molar-refractivity contribution in [2.24, 2.45) is 11.8 Å². The summed E-state index contributed by atoms with van der Waals surface area (Å²) in [6.45, 7) is 6.58. The highest BCUT2D eigenvalue weighted by Crippen LogP contribution is 2.31. The molecule has 2 heteroatoms. The SMILES string of the molecule is Cc1ccc(F)c(NC2CCCC(CC(C)C)C2)c1. The number of aryl methyl sites for hydroxylation is 1. The molecule has 0 aromatic heterocycles. The summed E-state index contributed by atoms with van der Waals surface area (Å²) >= 11 is 0. The standard InChI is InChI=1S/C17H26FN/c1-12(2)9-14-5-4-6-15(11-14)19-17-10-13(3)7-8-16(17)18/h7-8,10,12,14-15,19H,4-6,9,11H2,1-3H3. The van der Waals surface area contributed by atoms with Crippen LogP contribution in [0.3, 0.4) is 0 Å². The summed E-state index contributed by atoms with van der Waals surface area (Å²) in [5, 5.41) is 3.42. The van der Waals surface area contributed by atoms with Gasteiger partial charge >= 0.3 is 0 Å². The largest absolute Gasteiger partial charge is 0.380 e. The zero-order valence-electron chi connectivity index (χ0n) is 12.4. The lowest BCUT2D eigenvalue weighted by Crippen LogP contribution is -2.28. The van der Waals surface area contributed by atoms with E-state index in [1.165, 1.54) is 32.1 Å². The average Bonchev–Trinajstić information content (AvgIpc) is 2.33. The maximum atomic E-state index is 13.8. The quantitative estimate of drug-likeness (QED) is 0.792. The Balaban J connectivity index is 1.96. The third-order valence-corrected chi connectivity index (χ3v) is 4.07. The Bertz CT molecular complexity index is 414. The van der Waals surface area contributed by atoms with Crippen LogP contribution in [0.4, 0.5) is 10.1 Å². The van der Waals surface area contributed by atoms with E-state index in [1.54, 1.807) is 6.07 Å².